The van der Waals surface area contributed by atoms with E-state index in [-0.39, 0.29) is 12.3 Å². The summed E-state index contributed by atoms with van der Waals surface area (Å²) in [6.07, 6.45) is -3.45. The number of alkyl halides is 4. The van der Waals surface area contributed by atoms with Crippen LogP contribution in [0.5, 0.6) is 0 Å². The largest absolute Gasteiger partial charge is 0.398 e. The Morgan fingerprint density at radius 1 is 1.32 bits per heavy atom. The van der Waals surface area contributed by atoms with Crippen molar-refractivity contribution in [2.45, 2.75) is 23.9 Å². The Morgan fingerprint density at radius 3 is 2.63 bits per heavy atom. The fraction of sp³-hybridized carbons (Fsp3) is 0.417. The molecule has 0 fully saturated rings. The van der Waals surface area contributed by atoms with Gasteiger partial charge >= 0.3 is 6.18 Å². The molecule has 1 rings (SSSR count). The highest BCUT2D eigenvalue weighted by molar-refractivity contribution is 7.99. The van der Waals surface area contributed by atoms with Crippen LogP contribution in [0.2, 0.25) is 0 Å². The molecule has 0 saturated carbocycles. The quantitative estimate of drug-likeness (QED) is 0.627. The van der Waals surface area contributed by atoms with Crippen molar-refractivity contribution in [3.8, 4) is 0 Å². The van der Waals surface area contributed by atoms with Crippen LogP contribution in [0, 0.1) is 0 Å². The van der Waals surface area contributed by atoms with Crippen LogP contribution in [0.15, 0.2) is 29.2 Å². The Hall–Kier alpha value is -0.880. The van der Waals surface area contributed by atoms with Gasteiger partial charge in [0.05, 0.1) is 11.4 Å². The average Bonchev–Trinajstić information content (AvgIpc) is 2.34. The molecule has 0 aromatic heterocycles. The fourth-order valence-electron chi connectivity index (χ4n) is 1.30. The zero-order valence-electron chi connectivity index (χ0n) is 9.97. The second-order valence-electron chi connectivity index (χ2n) is 3.74. The maximum atomic E-state index is 12.2. The Morgan fingerprint density at radius 2 is 2.00 bits per heavy atom. The number of para-hydroxylation sites is 1. The Kier molecular flexibility index (Phi) is 6.51. The fourth-order valence-corrected chi connectivity index (χ4v) is 2.20. The zero-order chi connectivity index (χ0) is 14.3. The van der Waals surface area contributed by atoms with Gasteiger partial charge in [-0.2, -0.15) is 13.2 Å². The lowest BCUT2D eigenvalue weighted by Crippen LogP contribution is -2.13. The number of benzene rings is 1. The Labute approximate surface area is 118 Å². The van der Waals surface area contributed by atoms with Crippen LogP contribution in [0.25, 0.3) is 0 Å². The number of amides is 1. The highest BCUT2D eigenvalue weighted by atomic mass is 35.5. The van der Waals surface area contributed by atoms with Crippen molar-refractivity contribution in [3.63, 3.8) is 0 Å². The second-order valence-corrected chi connectivity index (χ2v) is 5.14. The lowest BCUT2D eigenvalue weighted by molar-refractivity contribution is -0.116. The molecule has 1 amide bonds. The first kappa shape index (κ1) is 16.2. The second kappa shape index (κ2) is 7.65. The van der Waals surface area contributed by atoms with Gasteiger partial charge in [0.1, 0.15) is 0 Å². The smallest absolute Gasteiger partial charge is 0.325 e. The molecule has 2 nitrogen and oxygen atoms in total. The van der Waals surface area contributed by atoms with E-state index >= 15 is 0 Å². The minimum absolute atomic E-state index is 0.249. The predicted molar refractivity (Wildman–Crippen MR) is 71.8 cm³/mol. The monoisotopic (exact) mass is 311 g/mol. The Bertz CT molecular complexity index is 426. The number of carbonyl (C=O) groups excluding carboxylic acids is 1. The van der Waals surface area contributed by atoms with E-state index in [0.29, 0.717) is 34.6 Å². The molecule has 0 aliphatic rings. The summed E-state index contributed by atoms with van der Waals surface area (Å²) in [5.74, 6) is -0.861. The first-order valence-corrected chi connectivity index (χ1v) is 7.09. The molecule has 0 heterocycles. The highest BCUT2D eigenvalue weighted by Crippen LogP contribution is 2.32. The predicted octanol–water partition coefficient (Wildman–Crippen LogP) is 4.30. The topological polar surface area (TPSA) is 29.1 Å². The normalized spacial score (nSPS) is 11.4. The zero-order valence-corrected chi connectivity index (χ0v) is 11.5. The van der Waals surface area contributed by atoms with Crippen LogP contribution in [-0.2, 0) is 4.79 Å². The molecule has 0 radical (unpaired) electrons. The summed E-state index contributed by atoms with van der Waals surface area (Å²) in [7, 11) is 0. The third-order valence-corrected chi connectivity index (χ3v) is 3.50. The molecule has 19 heavy (non-hydrogen) atoms. The summed E-state index contributed by atoms with van der Waals surface area (Å²) < 4.78 is 36.5. The van der Waals surface area contributed by atoms with E-state index in [0.717, 1.165) is 0 Å². The van der Waals surface area contributed by atoms with Crippen LogP contribution >= 0.6 is 23.4 Å². The molecule has 0 aliphatic carbocycles. The summed E-state index contributed by atoms with van der Waals surface area (Å²) >= 11 is 6.12. The van der Waals surface area contributed by atoms with Gasteiger partial charge in [-0.1, -0.05) is 12.1 Å². The number of anilines is 1. The molecule has 0 atom stereocenters. The van der Waals surface area contributed by atoms with Crippen LogP contribution in [0.4, 0.5) is 18.9 Å². The first-order chi connectivity index (χ1) is 8.92. The standard InChI is InChI=1S/C12H13ClF3NOS/c13-7-3-6-11(18)17-9-4-1-2-5-10(9)19-8-12(14,15)16/h1-2,4-5H,3,6-8H2,(H,17,18). The van der Waals surface area contributed by atoms with Crippen LogP contribution in [-0.4, -0.2) is 23.7 Å². The van der Waals surface area contributed by atoms with Gasteiger partial charge in [-0.25, -0.2) is 0 Å². The lowest BCUT2D eigenvalue weighted by atomic mass is 10.3. The summed E-state index contributed by atoms with van der Waals surface area (Å²) in [5, 5.41) is 2.60. The number of hydrogen-bond acceptors (Lipinski definition) is 2. The molecule has 0 aliphatic heterocycles. The van der Waals surface area contributed by atoms with Crippen LogP contribution in [0.1, 0.15) is 12.8 Å². The van der Waals surface area contributed by atoms with Crippen LogP contribution in [0.3, 0.4) is 0 Å². The minimum Gasteiger partial charge on any atom is -0.325 e. The summed E-state index contributed by atoms with van der Waals surface area (Å²) in [4.78, 5) is 11.9. The van der Waals surface area contributed by atoms with E-state index in [1.54, 1.807) is 24.3 Å². The van der Waals surface area contributed by atoms with Crippen molar-refractivity contribution < 1.29 is 18.0 Å². The van der Waals surface area contributed by atoms with Gasteiger partial charge in [0.15, 0.2) is 0 Å². The Balaban J connectivity index is 2.65. The van der Waals surface area contributed by atoms with Crippen LogP contribution < -0.4 is 5.32 Å². The minimum atomic E-state index is -4.24. The van der Waals surface area contributed by atoms with E-state index in [4.69, 9.17) is 11.6 Å². The lowest BCUT2D eigenvalue weighted by Gasteiger charge is -2.11. The van der Waals surface area contributed by atoms with Gasteiger partial charge < -0.3 is 5.32 Å². The van der Waals surface area contributed by atoms with Gasteiger partial charge in [0.2, 0.25) is 5.91 Å². The number of rotatable bonds is 6. The SMILES string of the molecule is O=C(CCCCl)Nc1ccccc1SCC(F)(F)F. The van der Waals surface area contributed by atoms with E-state index in [9.17, 15) is 18.0 Å². The molecule has 0 bridgehead atoms. The van der Waals surface area contributed by atoms with E-state index in [2.05, 4.69) is 5.32 Å². The number of hydrogen-bond donors (Lipinski definition) is 1. The molecule has 7 heteroatoms. The van der Waals surface area contributed by atoms with Crippen molar-refractivity contribution in [2.24, 2.45) is 0 Å². The van der Waals surface area contributed by atoms with E-state index < -0.39 is 11.9 Å². The maximum Gasteiger partial charge on any atom is 0.398 e. The molecule has 1 N–H and O–H groups in total. The summed E-state index contributed by atoms with van der Waals surface area (Å²) in [6.45, 7) is 0. The molecule has 1 aromatic carbocycles. The first-order valence-electron chi connectivity index (χ1n) is 5.57. The highest BCUT2D eigenvalue weighted by Gasteiger charge is 2.27. The molecular formula is C12H13ClF3NOS. The van der Waals surface area contributed by atoms with Crippen molar-refractivity contribution in [1.29, 1.82) is 0 Å². The van der Waals surface area contributed by atoms with Gasteiger partial charge in [-0.05, 0) is 18.6 Å². The number of nitrogens with one attached hydrogen (secondary N) is 1. The third-order valence-electron chi connectivity index (χ3n) is 2.09. The molecule has 0 saturated heterocycles. The van der Waals surface area contributed by atoms with E-state index in [1.165, 1.54) is 0 Å². The van der Waals surface area contributed by atoms with Gasteiger partial charge in [-0.15, -0.1) is 23.4 Å². The molecular weight excluding hydrogens is 299 g/mol. The molecule has 0 spiro atoms. The van der Waals surface area contributed by atoms with Gasteiger partial charge in [0.25, 0.3) is 0 Å². The molecule has 1 aromatic rings. The summed E-state index contributed by atoms with van der Waals surface area (Å²) in [5.41, 5.74) is 0.399. The van der Waals surface area contributed by atoms with Gasteiger partial charge in [0, 0.05) is 17.2 Å². The van der Waals surface area contributed by atoms with Crippen molar-refractivity contribution in [3.05, 3.63) is 24.3 Å². The summed E-state index contributed by atoms with van der Waals surface area (Å²) in [6, 6.07) is 6.42. The average molecular weight is 312 g/mol. The third kappa shape index (κ3) is 6.73. The van der Waals surface area contributed by atoms with Crippen molar-refractivity contribution in [1.82, 2.24) is 0 Å². The number of halogens is 4. The van der Waals surface area contributed by atoms with Gasteiger partial charge in [-0.3, -0.25) is 4.79 Å². The molecule has 106 valence electrons. The number of carbonyl (C=O) groups is 1. The van der Waals surface area contributed by atoms with Crippen molar-refractivity contribution >= 4 is 35.0 Å². The molecule has 0 unspecified atom stereocenters. The van der Waals surface area contributed by atoms with E-state index in [1.807, 2.05) is 0 Å². The number of thioether (sulfide) groups is 1. The maximum absolute atomic E-state index is 12.2. The van der Waals surface area contributed by atoms with Crippen molar-refractivity contribution in [2.75, 3.05) is 16.9 Å².